The van der Waals surface area contributed by atoms with E-state index in [0.29, 0.717) is 47.0 Å². The zero-order valence-electron chi connectivity index (χ0n) is 19.4. The van der Waals surface area contributed by atoms with Crippen LogP contribution in [0.1, 0.15) is 69.1 Å². The average Bonchev–Trinajstić information content (AvgIpc) is 3.08. The van der Waals surface area contributed by atoms with Crippen molar-refractivity contribution in [3.63, 3.8) is 0 Å². The van der Waals surface area contributed by atoms with E-state index < -0.39 is 0 Å². The van der Waals surface area contributed by atoms with E-state index in [1.54, 1.807) is 36.4 Å². The van der Waals surface area contributed by atoms with Crippen molar-refractivity contribution in [2.75, 3.05) is 6.54 Å². The molecule has 0 aromatic heterocycles. The largest absolute Gasteiger partial charge is 0.345 e. The van der Waals surface area contributed by atoms with Crippen molar-refractivity contribution in [1.82, 2.24) is 10.2 Å². The Morgan fingerprint density at radius 2 is 1.49 bits per heavy atom. The second kappa shape index (κ2) is 11.1. The van der Waals surface area contributed by atoms with E-state index in [1.807, 2.05) is 37.3 Å². The number of imide groups is 1. The van der Waals surface area contributed by atoms with Gasteiger partial charge in [0.15, 0.2) is 0 Å². The van der Waals surface area contributed by atoms with Gasteiger partial charge in [0, 0.05) is 23.0 Å². The third kappa shape index (κ3) is 5.75. The molecule has 7 heteroatoms. The van der Waals surface area contributed by atoms with Crippen LogP contribution < -0.4 is 5.32 Å². The first kappa shape index (κ1) is 25.0. The molecule has 35 heavy (non-hydrogen) atoms. The first-order valence-corrected chi connectivity index (χ1v) is 12.4. The molecule has 1 N–H and O–H groups in total. The number of nitrogens with zero attached hydrogens (tertiary/aromatic N) is 1. The van der Waals surface area contributed by atoms with Crippen molar-refractivity contribution >= 4 is 40.9 Å². The van der Waals surface area contributed by atoms with Crippen LogP contribution in [0.15, 0.2) is 66.7 Å². The zero-order valence-corrected chi connectivity index (χ0v) is 20.9. The predicted molar refractivity (Wildman–Crippen MR) is 138 cm³/mol. The number of carbonyl (C=O) groups excluding carboxylic acids is 3. The van der Waals surface area contributed by atoms with Crippen LogP contribution in [0.4, 0.5) is 0 Å². The minimum atomic E-state index is -0.324. The molecular weight excluding hydrogens is 483 g/mol. The number of nitrogens with one attached hydrogen (secondary N) is 1. The molecule has 1 aliphatic heterocycles. The number of halogens is 2. The van der Waals surface area contributed by atoms with Crippen LogP contribution >= 0.6 is 23.2 Å². The highest BCUT2D eigenvalue weighted by molar-refractivity contribution is 6.31. The van der Waals surface area contributed by atoms with Gasteiger partial charge < -0.3 is 5.32 Å². The van der Waals surface area contributed by atoms with Gasteiger partial charge >= 0.3 is 0 Å². The fourth-order valence-corrected chi connectivity index (χ4v) is 4.72. The van der Waals surface area contributed by atoms with Crippen LogP contribution in [0.25, 0.3) is 0 Å². The summed E-state index contributed by atoms with van der Waals surface area (Å²) in [5, 5.41) is 4.42. The summed E-state index contributed by atoms with van der Waals surface area (Å²) in [5.41, 5.74) is 3.80. The minimum absolute atomic E-state index is 0.0694. The molecule has 4 rings (SSSR count). The summed E-state index contributed by atoms with van der Waals surface area (Å²) in [6.45, 7) is 2.32. The second-order valence-electron chi connectivity index (χ2n) is 8.67. The van der Waals surface area contributed by atoms with Gasteiger partial charge in [0.1, 0.15) is 0 Å². The topological polar surface area (TPSA) is 66.5 Å². The number of amides is 3. The van der Waals surface area contributed by atoms with Crippen LogP contribution in [0.2, 0.25) is 10.0 Å². The number of unbranched alkanes of at least 4 members (excludes halogenated alkanes) is 2. The molecule has 1 heterocycles. The Labute approximate surface area is 215 Å². The summed E-state index contributed by atoms with van der Waals surface area (Å²) in [6.07, 6.45) is 2.38. The number of rotatable bonds is 9. The Balaban J connectivity index is 1.32. The molecule has 0 fully saturated rings. The smallest absolute Gasteiger partial charge is 0.261 e. The molecular formula is C28H26Cl2N2O3. The molecule has 0 saturated heterocycles. The first-order chi connectivity index (χ1) is 16.8. The summed E-state index contributed by atoms with van der Waals surface area (Å²) in [7, 11) is 0. The van der Waals surface area contributed by atoms with Crippen molar-refractivity contribution in [3.8, 4) is 0 Å². The third-order valence-corrected chi connectivity index (χ3v) is 6.70. The first-order valence-electron chi connectivity index (χ1n) is 11.6. The molecule has 3 aromatic carbocycles. The number of benzene rings is 3. The van der Waals surface area contributed by atoms with E-state index in [1.165, 1.54) is 4.90 Å². The highest BCUT2D eigenvalue weighted by atomic mass is 35.5. The molecule has 0 spiro atoms. The maximum Gasteiger partial charge on any atom is 0.261 e. The lowest BCUT2D eigenvalue weighted by atomic mass is 9.94. The summed E-state index contributed by atoms with van der Waals surface area (Å²) in [5.74, 6) is -0.556. The lowest BCUT2D eigenvalue weighted by molar-refractivity contribution is -0.121. The third-order valence-electron chi connectivity index (χ3n) is 6.22. The Kier molecular flexibility index (Phi) is 7.89. The lowest BCUT2D eigenvalue weighted by Crippen LogP contribution is -2.31. The monoisotopic (exact) mass is 508 g/mol. The van der Waals surface area contributed by atoms with Crippen LogP contribution in [0.3, 0.4) is 0 Å². The molecule has 3 amide bonds. The number of hydrogen-bond acceptors (Lipinski definition) is 3. The van der Waals surface area contributed by atoms with E-state index in [0.717, 1.165) is 23.1 Å². The highest BCUT2D eigenvalue weighted by Crippen LogP contribution is 2.28. The van der Waals surface area contributed by atoms with E-state index >= 15 is 0 Å². The standard InChI is InChI=1S/C28H26Cl2N2O3/c1-18-17-21(30)14-15-22(18)26(19-10-12-20(29)13-11-19)31-25(33)9-3-2-6-16-32-27(34)23-7-4-5-8-24(23)28(32)35/h4-5,7-8,10-15,17,26H,2-3,6,9,16H2,1H3,(H,31,33). The van der Waals surface area contributed by atoms with E-state index in [-0.39, 0.29) is 23.8 Å². The van der Waals surface area contributed by atoms with E-state index in [4.69, 9.17) is 23.2 Å². The van der Waals surface area contributed by atoms with Crippen molar-refractivity contribution in [3.05, 3.63) is 105 Å². The van der Waals surface area contributed by atoms with Crippen LogP contribution in [0.5, 0.6) is 0 Å². The van der Waals surface area contributed by atoms with Gasteiger partial charge in [0.2, 0.25) is 5.91 Å². The number of carbonyl (C=O) groups is 3. The SMILES string of the molecule is Cc1cc(Cl)ccc1C(NC(=O)CCCCCN1C(=O)c2ccccc2C1=O)c1ccc(Cl)cc1. The molecule has 0 radical (unpaired) electrons. The van der Waals surface area contributed by atoms with Crippen molar-refractivity contribution in [1.29, 1.82) is 0 Å². The van der Waals surface area contributed by atoms with Gasteiger partial charge in [-0.05, 0) is 72.9 Å². The summed E-state index contributed by atoms with van der Waals surface area (Å²) >= 11 is 12.2. The summed E-state index contributed by atoms with van der Waals surface area (Å²) < 4.78 is 0. The Bertz CT molecular complexity index is 1220. The Hall–Kier alpha value is -3.15. The van der Waals surface area contributed by atoms with Crippen LogP contribution in [0, 0.1) is 6.92 Å². The van der Waals surface area contributed by atoms with Gasteiger partial charge in [0.25, 0.3) is 11.8 Å². The fourth-order valence-electron chi connectivity index (χ4n) is 4.37. The predicted octanol–water partition coefficient (Wildman–Crippen LogP) is 6.36. The summed E-state index contributed by atoms with van der Waals surface area (Å²) in [4.78, 5) is 39.1. The minimum Gasteiger partial charge on any atom is -0.345 e. The Morgan fingerprint density at radius 1 is 0.857 bits per heavy atom. The molecule has 0 aliphatic carbocycles. The van der Waals surface area contributed by atoms with Gasteiger partial charge in [-0.2, -0.15) is 0 Å². The second-order valence-corrected chi connectivity index (χ2v) is 9.54. The van der Waals surface area contributed by atoms with Crippen molar-refractivity contribution in [2.45, 2.75) is 38.6 Å². The van der Waals surface area contributed by atoms with Crippen molar-refractivity contribution in [2.24, 2.45) is 0 Å². The maximum atomic E-state index is 12.8. The van der Waals surface area contributed by atoms with E-state index in [2.05, 4.69) is 5.32 Å². The number of hydrogen-bond donors (Lipinski definition) is 1. The molecule has 1 unspecified atom stereocenters. The summed E-state index contributed by atoms with van der Waals surface area (Å²) in [6, 6.07) is 19.6. The van der Waals surface area contributed by atoms with Crippen LogP contribution in [-0.2, 0) is 4.79 Å². The molecule has 3 aromatic rings. The van der Waals surface area contributed by atoms with Gasteiger partial charge in [-0.1, -0.05) is 60.0 Å². The molecule has 180 valence electrons. The van der Waals surface area contributed by atoms with Gasteiger partial charge in [0.05, 0.1) is 17.2 Å². The Morgan fingerprint density at radius 3 is 2.11 bits per heavy atom. The zero-order chi connectivity index (χ0) is 24.9. The van der Waals surface area contributed by atoms with Gasteiger partial charge in [-0.25, -0.2) is 0 Å². The lowest BCUT2D eigenvalue weighted by Gasteiger charge is -2.22. The maximum absolute atomic E-state index is 12.8. The van der Waals surface area contributed by atoms with Gasteiger partial charge in [-0.3, -0.25) is 19.3 Å². The highest BCUT2D eigenvalue weighted by Gasteiger charge is 2.34. The average molecular weight is 509 g/mol. The molecule has 5 nitrogen and oxygen atoms in total. The molecule has 1 aliphatic rings. The van der Waals surface area contributed by atoms with Gasteiger partial charge in [-0.15, -0.1) is 0 Å². The molecule has 0 bridgehead atoms. The quantitative estimate of drug-likeness (QED) is 0.270. The molecule has 1 atom stereocenters. The normalized spacial score (nSPS) is 13.6. The van der Waals surface area contributed by atoms with E-state index in [9.17, 15) is 14.4 Å². The fraction of sp³-hybridized carbons (Fsp3) is 0.250. The van der Waals surface area contributed by atoms with Crippen LogP contribution in [-0.4, -0.2) is 29.2 Å². The van der Waals surface area contributed by atoms with Crippen molar-refractivity contribution < 1.29 is 14.4 Å². The molecule has 0 saturated carbocycles. The number of fused-ring (bicyclic) bond motifs is 1. The number of aryl methyl sites for hydroxylation is 1.